The average molecular weight is 376 g/mol. The number of carbonyl (C=O) groups is 1. The highest BCUT2D eigenvalue weighted by Crippen LogP contribution is 2.31. The van der Waals surface area contributed by atoms with Crippen molar-refractivity contribution in [3.63, 3.8) is 0 Å². The summed E-state index contributed by atoms with van der Waals surface area (Å²) < 4.78 is 5.55. The zero-order valence-corrected chi connectivity index (χ0v) is 16.1. The molecule has 5 nitrogen and oxygen atoms in total. The quantitative estimate of drug-likeness (QED) is 0.716. The lowest BCUT2D eigenvalue weighted by Gasteiger charge is -2.21. The minimum absolute atomic E-state index is 0.187. The molecule has 6 heteroatoms. The van der Waals surface area contributed by atoms with Crippen molar-refractivity contribution in [3.8, 4) is 0 Å². The molecule has 26 heavy (non-hydrogen) atoms. The van der Waals surface area contributed by atoms with Crippen LogP contribution in [0.25, 0.3) is 0 Å². The maximum absolute atomic E-state index is 12.1. The smallest absolute Gasteiger partial charge is 0.273 e. The molecule has 1 aromatic carbocycles. The van der Waals surface area contributed by atoms with Gasteiger partial charge in [-0.05, 0) is 36.3 Å². The zero-order chi connectivity index (χ0) is 18.5. The van der Waals surface area contributed by atoms with Crippen molar-refractivity contribution < 1.29 is 9.21 Å². The summed E-state index contributed by atoms with van der Waals surface area (Å²) in [5.74, 6) is 1.51. The van der Waals surface area contributed by atoms with E-state index < -0.39 is 0 Å². The highest BCUT2D eigenvalue weighted by molar-refractivity contribution is 6.31. The number of carbonyl (C=O) groups excluding carboxylic acids is 1. The van der Waals surface area contributed by atoms with E-state index in [2.05, 4.69) is 29.0 Å². The largest absolute Gasteiger partial charge is 0.447 e. The molecule has 1 N–H and O–H groups in total. The van der Waals surface area contributed by atoms with Crippen molar-refractivity contribution in [2.45, 2.75) is 39.8 Å². The van der Waals surface area contributed by atoms with Crippen LogP contribution in [0.4, 0.5) is 0 Å². The number of aromatic nitrogens is 1. The number of amides is 1. The van der Waals surface area contributed by atoms with Gasteiger partial charge in [0, 0.05) is 24.7 Å². The highest BCUT2D eigenvalue weighted by Gasteiger charge is 2.26. The van der Waals surface area contributed by atoms with Gasteiger partial charge in [0.1, 0.15) is 6.26 Å². The standard InChI is InChI=1S/C20H26ClN3O2/c1-14(2)9-22-20(25)18-13-26-19(23-18)12-24(10-15-7-8-15)11-16-5-3-4-6-17(16)21/h3-6,13-15H,7-12H2,1-2H3,(H,22,25). The lowest BCUT2D eigenvalue weighted by atomic mass is 10.2. The third-order valence-electron chi connectivity index (χ3n) is 4.38. The molecule has 2 aromatic rings. The number of hydrogen-bond donors (Lipinski definition) is 1. The van der Waals surface area contributed by atoms with E-state index in [9.17, 15) is 4.79 Å². The van der Waals surface area contributed by atoms with Crippen LogP contribution in [0, 0.1) is 11.8 Å². The summed E-state index contributed by atoms with van der Waals surface area (Å²) in [5, 5.41) is 3.63. The fraction of sp³-hybridized carbons (Fsp3) is 0.500. The molecule has 1 aromatic heterocycles. The molecule has 1 fully saturated rings. The van der Waals surface area contributed by atoms with Gasteiger partial charge >= 0.3 is 0 Å². The predicted octanol–water partition coefficient (Wildman–Crippen LogP) is 4.13. The first-order valence-electron chi connectivity index (χ1n) is 9.19. The summed E-state index contributed by atoms with van der Waals surface area (Å²) in [6, 6.07) is 7.89. The Kier molecular flexibility index (Phi) is 6.33. The second kappa shape index (κ2) is 8.69. The minimum atomic E-state index is -0.187. The summed E-state index contributed by atoms with van der Waals surface area (Å²) in [6.07, 6.45) is 3.98. The predicted molar refractivity (Wildman–Crippen MR) is 102 cm³/mol. The van der Waals surface area contributed by atoms with E-state index in [4.69, 9.17) is 16.0 Å². The molecule has 0 saturated heterocycles. The Hall–Kier alpha value is -1.85. The van der Waals surface area contributed by atoms with E-state index >= 15 is 0 Å². The molecule has 0 atom stereocenters. The van der Waals surface area contributed by atoms with Crippen LogP contribution in [-0.2, 0) is 13.1 Å². The van der Waals surface area contributed by atoms with Gasteiger partial charge in [0.25, 0.3) is 5.91 Å². The lowest BCUT2D eigenvalue weighted by Crippen LogP contribution is -2.28. The Morgan fingerprint density at radius 2 is 2.12 bits per heavy atom. The summed E-state index contributed by atoms with van der Waals surface area (Å²) >= 11 is 6.31. The van der Waals surface area contributed by atoms with Gasteiger partial charge in [-0.3, -0.25) is 9.69 Å². The van der Waals surface area contributed by atoms with Crippen LogP contribution < -0.4 is 5.32 Å². The third kappa shape index (κ3) is 5.58. The number of oxazole rings is 1. The van der Waals surface area contributed by atoms with Gasteiger partial charge in [-0.15, -0.1) is 0 Å². The third-order valence-corrected chi connectivity index (χ3v) is 4.75. The molecule has 0 spiro atoms. The Morgan fingerprint density at radius 1 is 1.35 bits per heavy atom. The lowest BCUT2D eigenvalue weighted by molar-refractivity contribution is 0.0944. The maximum atomic E-state index is 12.1. The summed E-state index contributed by atoms with van der Waals surface area (Å²) in [6.45, 7) is 7.04. The van der Waals surface area contributed by atoms with Crippen LogP contribution in [-0.4, -0.2) is 28.9 Å². The second-order valence-corrected chi connectivity index (χ2v) is 7.84. The average Bonchev–Trinajstić information content (AvgIpc) is 3.29. The molecule has 1 amide bonds. The highest BCUT2D eigenvalue weighted by atomic mass is 35.5. The van der Waals surface area contributed by atoms with Crippen LogP contribution in [0.2, 0.25) is 5.02 Å². The summed E-state index contributed by atoms with van der Waals surface area (Å²) in [7, 11) is 0. The molecule has 1 heterocycles. The van der Waals surface area contributed by atoms with Crippen molar-refractivity contribution in [1.82, 2.24) is 15.2 Å². The van der Waals surface area contributed by atoms with Gasteiger partial charge in [-0.2, -0.15) is 0 Å². The number of rotatable bonds is 9. The molecule has 140 valence electrons. The van der Waals surface area contributed by atoms with Crippen LogP contribution >= 0.6 is 11.6 Å². The van der Waals surface area contributed by atoms with Crippen LogP contribution in [0.5, 0.6) is 0 Å². The fourth-order valence-corrected chi connectivity index (χ4v) is 2.98. The van der Waals surface area contributed by atoms with Crippen molar-refractivity contribution in [2.24, 2.45) is 11.8 Å². The summed E-state index contributed by atoms with van der Waals surface area (Å²) in [5.41, 5.74) is 1.43. The molecular formula is C20H26ClN3O2. The first-order chi connectivity index (χ1) is 12.5. The van der Waals surface area contributed by atoms with Crippen LogP contribution in [0.1, 0.15) is 48.6 Å². The van der Waals surface area contributed by atoms with Gasteiger partial charge in [-0.25, -0.2) is 4.98 Å². The molecule has 1 saturated carbocycles. The Bertz CT molecular complexity index is 740. The van der Waals surface area contributed by atoms with Gasteiger partial charge in [0.2, 0.25) is 5.89 Å². The van der Waals surface area contributed by atoms with Crippen molar-refractivity contribution in [3.05, 3.63) is 52.7 Å². The monoisotopic (exact) mass is 375 g/mol. The first kappa shape index (κ1) is 18.9. The van der Waals surface area contributed by atoms with Crippen molar-refractivity contribution in [1.29, 1.82) is 0 Å². The fourth-order valence-electron chi connectivity index (χ4n) is 2.78. The van der Waals surface area contributed by atoms with Gasteiger partial charge in [-0.1, -0.05) is 43.6 Å². The van der Waals surface area contributed by atoms with E-state index in [0.717, 1.165) is 29.6 Å². The van der Waals surface area contributed by atoms with Crippen LogP contribution in [0.3, 0.4) is 0 Å². The molecule has 0 unspecified atom stereocenters. The molecule has 0 aliphatic heterocycles. The Balaban J connectivity index is 1.63. The Morgan fingerprint density at radius 3 is 2.81 bits per heavy atom. The number of nitrogens with one attached hydrogen (secondary N) is 1. The molecule has 1 aliphatic carbocycles. The van der Waals surface area contributed by atoms with Gasteiger partial charge in [0.05, 0.1) is 6.54 Å². The molecule has 0 radical (unpaired) electrons. The SMILES string of the molecule is CC(C)CNC(=O)c1coc(CN(Cc2ccccc2Cl)CC2CC2)n1. The topological polar surface area (TPSA) is 58.4 Å². The second-order valence-electron chi connectivity index (χ2n) is 7.43. The summed E-state index contributed by atoms with van der Waals surface area (Å²) in [4.78, 5) is 18.8. The van der Waals surface area contributed by atoms with E-state index in [1.54, 1.807) is 0 Å². The molecule has 3 rings (SSSR count). The van der Waals surface area contributed by atoms with E-state index in [1.165, 1.54) is 19.1 Å². The van der Waals surface area contributed by atoms with E-state index in [0.29, 0.717) is 30.6 Å². The number of hydrogen-bond acceptors (Lipinski definition) is 4. The normalized spacial score (nSPS) is 14.2. The van der Waals surface area contributed by atoms with Crippen LogP contribution in [0.15, 0.2) is 34.9 Å². The van der Waals surface area contributed by atoms with Crippen molar-refractivity contribution in [2.75, 3.05) is 13.1 Å². The molecule has 1 aliphatic rings. The molecular weight excluding hydrogens is 350 g/mol. The maximum Gasteiger partial charge on any atom is 0.273 e. The van der Waals surface area contributed by atoms with Gasteiger partial charge in [0.15, 0.2) is 5.69 Å². The number of benzene rings is 1. The van der Waals surface area contributed by atoms with Gasteiger partial charge < -0.3 is 9.73 Å². The van der Waals surface area contributed by atoms with Crippen molar-refractivity contribution >= 4 is 17.5 Å². The zero-order valence-electron chi connectivity index (χ0n) is 15.4. The van der Waals surface area contributed by atoms with E-state index in [-0.39, 0.29) is 5.91 Å². The molecule has 0 bridgehead atoms. The Labute approximate surface area is 159 Å². The number of halogens is 1. The number of nitrogens with zero attached hydrogens (tertiary/aromatic N) is 2. The minimum Gasteiger partial charge on any atom is -0.447 e. The van der Waals surface area contributed by atoms with E-state index in [1.807, 2.05) is 24.3 Å². The first-order valence-corrected chi connectivity index (χ1v) is 9.57.